The van der Waals surface area contributed by atoms with Crippen LogP contribution < -0.4 is 0 Å². The maximum absolute atomic E-state index is 7.45. The van der Waals surface area contributed by atoms with Gasteiger partial charge in [-0.15, -0.1) is 0 Å². The molecule has 0 spiro atoms. The minimum absolute atomic E-state index is 2.43. The highest BCUT2D eigenvalue weighted by molar-refractivity contribution is 3.97. The average Bonchev–Trinajstić information content (AvgIpc) is 2.21. The molecule has 0 saturated carbocycles. The van der Waals surface area contributed by atoms with Crippen LogP contribution in [-0.4, -0.2) is 5.26 Å². The summed E-state index contributed by atoms with van der Waals surface area (Å²) in [6.07, 6.45) is 0. The third kappa shape index (κ3) is 10.3. The Kier molecular flexibility index (Phi) is 9.96. The monoisotopic (exact) mass is 214 g/mol. The van der Waals surface area contributed by atoms with Gasteiger partial charge in [-0.1, -0.05) is 0 Å². The molecular weight excluding hydrogens is 212 g/mol. The molecule has 0 aromatic heterocycles. The van der Waals surface area contributed by atoms with Crippen molar-refractivity contribution in [3.8, 4) is 0 Å². The second-order valence-corrected chi connectivity index (χ2v) is 0.939. The smallest absolute Gasteiger partial charge is 0.0907 e. The first kappa shape index (κ1) is 12.3. The van der Waals surface area contributed by atoms with E-state index in [-0.39, 0.29) is 0 Å². The first-order valence-electron chi connectivity index (χ1n) is 2.39. The van der Waals surface area contributed by atoms with Crippen molar-refractivity contribution in [1.29, 1.82) is 5.53 Å². The number of nitrogens with zero attached hydrogens (tertiary/aromatic N) is 5. The SMILES string of the molecule is N=N/N=N/N=N/OOOOOOOO. The lowest BCUT2D eigenvalue weighted by molar-refractivity contribution is -0.812. The Morgan fingerprint density at radius 3 is 2.29 bits per heavy atom. The maximum Gasteiger partial charge on any atom is 0.0907 e. The van der Waals surface area contributed by atoms with E-state index in [4.69, 9.17) is 10.8 Å². The Hall–Kier alpha value is -1.68. The van der Waals surface area contributed by atoms with Crippen molar-refractivity contribution in [2.24, 2.45) is 26.2 Å². The van der Waals surface area contributed by atoms with Crippen LogP contribution in [0.1, 0.15) is 0 Å². The van der Waals surface area contributed by atoms with Gasteiger partial charge in [-0.25, -0.2) is 5.26 Å². The lowest BCUT2D eigenvalue weighted by Crippen LogP contribution is -1.98. The molecule has 0 saturated heterocycles. The van der Waals surface area contributed by atoms with Gasteiger partial charge in [0.1, 0.15) is 0 Å². The van der Waals surface area contributed by atoms with Gasteiger partial charge in [0.15, 0.2) is 0 Å². The van der Waals surface area contributed by atoms with Crippen LogP contribution >= 0.6 is 0 Å². The molecule has 0 radical (unpaired) electrons. The molecule has 2 N–H and O–H groups in total. The maximum atomic E-state index is 7.45. The average molecular weight is 214 g/mol. The molecule has 0 heterocycles. The number of nitrogens with one attached hydrogen (secondary N) is 1. The normalized spacial score (nSPS) is 11.2. The molecule has 0 aromatic carbocycles. The largest absolute Gasteiger partial charge is 0.219 e. The van der Waals surface area contributed by atoms with E-state index in [1.807, 2.05) is 0 Å². The van der Waals surface area contributed by atoms with Crippen molar-refractivity contribution >= 4 is 0 Å². The van der Waals surface area contributed by atoms with Gasteiger partial charge in [0, 0.05) is 25.6 Å². The van der Waals surface area contributed by atoms with Gasteiger partial charge in [-0.3, -0.25) is 0 Å². The standard InChI is InChI=1S/H2N6O8/c1-2-3-4-5-6-8-10-12-14-13-11-9-7/h1,7H/b2-1?,4-3+,6-5+. The van der Waals surface area contributed by atoms with E-state index in [0.717, 1.165) is 0 Å². The lowest BCUT2D eigenvalue weighted by Gasteiger charge is -1.92. The highest BCUT2D eigenvalue weighted by atomic mass is 17.9. The zero-order chi connectivity index (χ0) is 10.5. The van der Waals surface area contributed by atoms with Gasteiger partial charge in [0.05, 0.1) is 5.28 Å². The molecule has 0 unspecified atom stereocenters. The Morgan fingerprint density at radius 2 is 1.57 bits per heavy atom. The van der Waals surface area contributed by atoms with E-state index in [1.165, 1.54) is 0 Å². The predicted octanol–water partition coefficient (Wildman–Crippen LogP) is 0.746. The summed E-state index contributed by atoms with van der Waals surface area (Å²) in [7, 11) is 0. The van der Waals surface area contributed by atoms with Crippen molar-refractivity contribution < 1.29 is 40.5 Å². The van der Waals surface area contributed by atoms with Gasteiger partial charge in [-0.2, -0.15) is 10.5 Å². The van der Waals surface area contributed by atoms with Crippen LogP contribution in [0.5, 0.6) is 0 Å². The molecule has 0 aromatic rings. The second-order valence-electron chi connectivity index (χ2n) is 0.939. The van der Waals surface area contributed by atoms with E-state index < -0.39 is 0 Å². The first-order valence-corrected chi connectivity index (χ1v) is 2.39. The molecule has 0 bridgehead atoms. The third-order valence-electron chi connectivity index (χ3n) is 0.367. The molecule has 0 aliphatic rings. The van der Waals surface area contributed by atoms with Gasteiger partial charge >= 0.3 is 0 Å². The highest BCUT2D eigenvalue weighted by Crippen LogP contribution is 1.88. The lowest BCUT2D eigenvalue weighted by atomic mass is 12.5. The molecule has 14 heteroatoms. The first-order chi connectivity index (χ1) is 6.91. The molecule has 14 heavy (non-hydrogen) atoms. The van der Waals surface area contributed by atoms with Crippen molar-refractivity contribution in [2.75, 3.05) is 0 Å². The Bertz CT molecular complexity index is 177. The highest BCUT2D eigenvalue weighted by Gasteiger charge is 1.91. The van der Waals surface area contributed by atoms with Crippen LogP contribution in [0, 0.1) is 5.53 Å². The van der Waals surface area contributed by atoms with Gasteiger partial charge < -0.3 is 0 Å². The minimum atomic E-state index is 2.43. The Balaban J connectivity index is 3.08. The zero-order valence-corrected chi connectivity index (χ0v) is 6.04. The summed E-state index contributed by atoms with van der Waals surface area (Å²) in [6.45, 7) is 0. The summed E-state index contributed by atoms with van der Waals surface area (Å²) in [5, 5.41) is 40.7. The number of rotatable bonds is 9. The third-order valence-corrected chi connectivity index (χ3v) is 0.367. The zero-order valence-electron chi connectivity index (χ0n) is 6.04. The molecule has 0 rings (SSSR count). The molecule has 0 aliphatic heterocycles. The van der Waals surface area contributed by atoms with Crippen LogP contribution in [0.2, 0.25) is 0 Å². The van der Waals surface area contributed by atoms with Crippen molar-refractivity contribution in [3.05, 3.63) is 0 Å². The fraction of sp³-hybridized carbons (Fsp3) is 0. The Morgan fingerprint density at radius 1 is 0.857 bits per heavy atom. The summed E-state index contributed by atoms with van der Waals surface area (Å²) in [4.78, 5) is 3.68. The molecular formula is H2N6O8. The van der Waals surface area contributed by atoms with Crippen LogP contribution in [0.3, 0.4) is 0 Å². The molecule has 80 valence electrons. The molecule has 14 nitrogen and oxygen atoms in total. The fourth-order valence-corrected chi connectivity index (χ4v) is 0.142. The van der Waals surface area contributed by atoms with Crippen LogP contribution in [0.4, 0.5) is 0 Å². The topological polar surface area (TPSA) is 170 Å². The van der Waals surface area contributed by atoms with Crippen molar-refractivity contribution in [3.63, 3.8) is 0 Å². The number of hydrogen-bond acceptors (Lipinski definition) is 10. The molecule has 0 fully saturated rings. The van der Waals surface area contributed by atoms with Crippen molar-refractivity contribution in [1.82, 2.24) is 0 Å². The van der Waals surface area contributed by atoms with E-state index >= 15 is 0 Å². The van der Waals surface area contributed by atoms with Crippen LogP contribution in [0.25, 0.3) is 0 Å². The minimum Gasteiger partial charge on any atom is -0.219 e. The fourth-order valence-electron chi connectivity index (χ4n) is 0.142. The summed E-state index contributed by atoms with van der Waals surface area (Å²) in [6, 6.07) is 0. The second kappa shape index (κ2) is 11.3. The van der Waals surface area contributed by atoms with Crippen molar-refractivity contribution in [2.45, 2.75) is 0 Å². The van der Waals surface area contributed by atoms with Gasteiger partial charge in [0.25, 0.3) is 0 Å². The van der Waals surface area contributed by atoms with Gasteiger partial charge in [0.2, 0.25) is 0 Å². The Labute approximate surface area is 73.5 Å². The predicted molar refractivity (Wildman–Crippen MR) is 25.1 cm³/mol. The van der Waals surface area contributed by atoms with E-state index in [9.17, 15) is 0 Å². The summed E-state index contributed by atoms with van der Waals surface area (Å²) in [5.41, 5.74) is 6.10. The summed E-state index contributed by atoms with van der Waals surface area (Å²) < 4.78 is 0. The number of hydrogen-bond donors (Lipinski definition) is 2. The summed E-state index contributed by atoms with van der Waals surface area (Å²) in [5.74, 6) is 0. The van der Waals surface area contributed by atoms with Crippen LogP contribution in [-0.2, 0) is 35.2 Å². The molecule has 0 aliphatic carbocycles. The quantitative estimate of drug-likeness (QED) is 0.244. The van der Waals surface area contributed by atoms with Crippen LogP contribution in [0.15, 0.2) is 26.2 Å². The van der Waals surface area contributed by atoms with E-state index in [2.05, 4.69) is 61.4 Å². The molecule has 0 amide bonds. The molecule has 0 atom stereocenters. The summed E-state index contributed by atoms with van der Waals surface area (Å²) >= 11 is 0. The van der Waals surface area contributed by atoms with Gasteiger partial charge in [-0.05, 0) is 25.6 Å². The van der Waals surface area contributed by atoms with E-state index in [0.29, 0.717) is 0 Å². The van der Waals surface area contributed by atoms with E-state index in [1.54, 1.807) is 0 Å².